The third-order valence-electron chi connectivity index (χ3n) is 6.15. The van der Waals surface area contributed by atoms with Gasteiger partial charge in [-0.2, -0.15) is 0 Å². The molecule has 164 valence electrons. The fourth-order valence-electron chi connectivity index (χ4n) is 4.56. The Morgan fingerprint density at radius 3 is 2.12 bits per heavy atom. The molecule has 0 N–H and O–H groups in total. The molecule has 0 unspecified atom stereocenters. The van der Waals surface area contributed by atoms with Crippen molar-refractivity contribution in [1.82, 2.24) is 19.9 Å². The number of pyridine rings is 2. The summed E-state index contributed by atoms with van der Waals surface area (Å²) in [5, 5.41) is 0. The first-order valence-electron chi connectivity index (χ1n) is 11.2. The second-order valence-electron chi connectivity index (χ2n) is 8.41. The number of fused-ring (bicyclic) bond motifs is 2. The van der Waals surface area contributed by atoms with Gasteiger partial charge in [-0.3, -0.25) is 14.8 Å². The normalized spacial score (nSPS) is 14.9. The topological polar surface area (TPSA) is 71.9 Å². The molecule has 2 aromatic carbocycles. The smallest absolute Gasteiger partial charge is 0.258 e. The molecule has 3 aromatic heterocycles. The summed E-state index contributed by atoms with van der Waals surface area (Å²) in [5.74, 6) is -0.0330. The lowest BCUT2D eigenvalue weighted by Crippen LogP contribution is -2.35. The van der Waals surface area contributed by atoms with Crippen molar-refractivity contribution in [3.05, 3.63) is 102 Å². The lowest BCUT2D eigenvalue weighted by atomic mass is 10.1. The summed E-state index contributed by atoms with van der Waals surface area (Å²) >= 11 is 0. The van der Waals surface area contributed by atoms with E-state index >= 15 is 0 Å². The van der Waals surface area contributed by atoms with E-state index in [1.54, 1.807) is 12.4 Å². The van der Waals surface area contributed by atoms with Gasteiger partial charge in [-0.25, -0.2) is 9.97 Å². The molecule has 0 radical (unpaired) electrons. The van der Waals surface area contributed by atoms with Gasteiger partial charge in [-0.1, -0.05) is 30.3 Å². The van der Waals surface area contributed by atoms with Crippen LogP contribution in [0.1, 0.15) is 22.8 Å². The van der Waals surface area contributed by atoms with Crippen LogP contribution in [-0.4, -0.2) is 31.9 Å². The number of hydrogen-bond acceptors (Lipinski definition) is 5. The second kappa shape index (κ2) is 8.15. The van der Waals surface area contributed by atoms with E-state index in [2.05, 4.69) is 23.0 Å². The van der Waals surface area contributed by atoms with Gasteiger partial charge in [-0.05, 0) is 67.4 Å². The molecule has 0 bridgehead atoms. The maximum atomic E-state index is 13.6. The van der Waals surface area contributed by atoms with E-state index < -0.39 is 0 Å². The van der Waals surface area contributed by atoms with Gasteiger partial charge in [0, 0.05) is 29.7 Å². The zero-order chi connectivity index (χ0) is 23.1. The maximum absolute atomic E-state index is 13.6. The first-order valence-corrected chi connectivity index (χ1v) is 11.2. The number of amides is 1. The van der Waals surface area contributed by atoms with Crippen LogP contribution < -0.4 is 4.90 Å². The van der Waals surface area contributed by atoms with Crippen molar-refractivity contribution in [1.29, 1.82) is 0 Å². The maximum Gasteiger partial charge on any atom is 0.258 e. The van der Waals surface area contributed by atoms with Crippen molar-refractivity contribution in [3.63, 3.8) is 0 Å². The van der Waals surface area contributed by atoms with Gasteiger partial charge in [0.2, 0.25) is 0 Å². The number of rotatable bonds is 3. The van der Waals surface area contributed by atoms with E-state index in [-0.39, 0.29) is 11.9 Å². The molecule has 1 aliphatic heterocycles. The molecule has 6 nitrogen and oxygen atoms in total. The van der Waals surface area contributed by atoms with Crippen LogP contribution in [0.3, 0.4) is 0 Å². The molecule has 4 heterocycles. The summed E-state index contributed by atoms with van der Waals surface area (Å²) in [5.41, 5.74) is 6.83. The first-order chi connectivity index (χ1) is 16.7. The van der Waals surface area contributed by atoms with Crippen LogP contribution in [0.5, 0.6) is 0 Å². The van der Waals surface area contributed by atoms with Gasteiger partial charge in [-0.15, -0.1) is 0 Å². The molecule has 0 saturated carbocycles. The van der Waals surface area contributed by atoms with Gasteiger partial charge < -0.3 is 4.90 Å². The van der Waals surface area contributed by atoms with E-state index in [1.807, 2.05) is 77.7 Å². The Bertz CT molecular complexity index is 1520. The number of nitrogens with zero attached hydrogens (tertiary/aromatic N) is 5. The van der Waals surface area contributed by atoms with Crippen LogP contribution >= 0.6 is 0 Å². The van der Waals surface area contributed by atoms with Gasteiger partial charge in [0.25, 0.3) is 5.91 Å². The molecular formula is C28H21N5O. The summed E-state index contributed by atoms with van der Waals surface area (Å²) in [7, 11) is 0. The molecule has 6 rings (SSSR count). The Kier molecular flexibility index (Phi) is 4.84. The number of anilines is 1. The molecule has 0 saturated heterocycles. The van der Waals surface area contributed by atoms with Crippen LogP contribution in [0.2, 0.25) is 0 Å². The molecule has 1 atom stereocenters. The molecule has 1 aliphatic rings. The van der Waals surface area contributed by atoms with Crippen molar-refractivity contribution < 1.29 is 4.79 Å². The van der Waals surface area contributed by atoms with Crippen molar-refractivity contribution in [3.8, 4) is 22.8 Å². The molecule has 1 amide bonds. The fraction of sp³-hybridized carbons (Fsp3) is 0.107. The molecule has 0 fully saturated rings. The Morgan fingerprint density at radius 1 is 0.794 bits per heavy atom. The van der Waals surface area contributed by atoms with Crippen LogP contribution in [-0.2, 0) is 6.42 Å². The first kappa shape index (κ1) is 20.2. The Hall–Kier alpha value is -4.45. The fourth-order valence-corrected chi connectivity index (χ4v) is 4.56. The van der Waals surface area contributed by atoms with E-state index in [4.69, 9.17) is 9.97 Å². The van der Waals surface area contributed by atoms with Crippen molar-refractivity contribution in [2.24, 2.45) is 0 Å². The summed E-state index contributed by atoms with van der Waals surface area (Å²) in [6, 6.07) is 25.1. The van der Waals surface area contributed by atoms with Crippen LogP contribution in [0.4, 0.5) is 5.69 Å². The van der Waals surface area contributed by atoms with E-state index in [0.717, 1.165) is 17.8 Å². The van der Waals surface area contributed by atoms with Crippen LogP contribution in [0, 0.1) is 0 Å². The van der Waals surface area contributed by atoms with Gasteiger partial charge in [0.05, 0.1) is 22.4 Å². The molecule has 5 aromatic rings. The quantitative estimate of drug-likeness (QED) is 0.376. The Balaban J connectivity index is 1.48. The zero-order valence-electron chi connectivity index (χ0n) is 18.6. The molecular weight excluding hydrogens is 422 g/mol. The summed E-state index contributed by atoms with van der Waals surface area (Å²) < 4.78 is 0. The predicted octanol–water partition coefficient (Wildman–Crippen LogP) is 5.35. The van der Waals surface area contributed by atoms with E-state index in [1.165, 1.54) is 5.56 Å². The average Bonchev–Trinajstić information content (AvgIpc) is 3.23. The minimum absolute atomic E-state index is 0.0330. The third-order valence-corrected chi connectivity index (χ3v) is 6.15. The van der Waals surface area contributed by atoms with Crippen molar-refractivity contribution >= 4 is 22.6 Å². The lowest BCUT2D eigenvalue weighted by molar-refractivity contribution is 0.0981. The zero-order valence-corrected chi connectivity index (χ0v) is 18.6. The number of benzene rings is 2. The van der Waals surface area contributed by atoms with Gasteiger partial charge in [0.15, 0.2) is 0 Å². The minimum atomic E-state index is -0.0330. The lowest BCUT2D eigenvalue weighted by Gasteiger charge is -2.23. The standard InChI is InChI=1S/C28H21N5O/c1-18-16-19-8-2-3-11-25(19)33(18)28(34)20-12-13-21-24(17-20)32-27(23-10-5-7-15-30-23)26(31-21)22-9-4-6-14-29-22/h2-15,17-18H,16H2,1H3/t18-/m0/s1. The highest BCUT2D eigenvalue weighted by Gasteiger charge is 2.31. The number of para-hydroxylation sites is 1. The monoisotopic (exact) mass is 443 g/mol. The largest absolute Gasteiger partial charge is 0.305 e. The highest BCUT2D eigenvalue weighted by Crippen LogP contribution is 2.34. The SMILES string of the molecule is C[C@H]1Cc2ccccc2N1C(=O)c1ccc2nc(-c3ccccn3)c(-c3ccccn3)nc2c1. The minimum Gasteiger partial charge on any atom is -0.305 e. The third kappa shape index (κ3) is 3.40. The number of carbonyl (C=O) groups excluding carboxylic acids is 1. The number of carbonyl (C=O) groups is 1. The number of hydrogen-bond donors (Lipinski definition) is 0. The highest BCUT2D eigenvalue weighted by molar-refractivity contribution is 6.09. The summed E-state index contributed by atoms with van der Waals surface area (Å²) in [4.78, 5) is 34.2. The van der Waals surface area contributed by atoms with Crippen molar-refractivity contribution in [2.45, 2.75) is 19.4 Å². The predicted molar refractivity (Wildman–Crippen MR) is 132 cm³/mol. The Labute approximate surface area is 197 Å². The average molecular weight is 444 g/mol. The van der Waals surface area contributed by atoms with E-state index in [9.17, 15) is 4.79 Å². The highest BCUT2D eigenvalue weighted by atomic mass is 16.2. The van der Waals surface area contributed by atoms with Crippen LogP contribution in [0.15, 0.2) is 91.3 Å². The van der Waals surface area contributed by atoms with E-state index in [0.29, 0.717) is 33.7 Å². The van der Waals surface area contributed by atoms with Crippen LogP contribution in [0.25, 0.3) is 33.8 Å². The summed E-state index contributed by atoms with van der Waals surface area (Å²) in [6.45, 7) is 2.08. The second-order valence-corrected chi connectivity index (χ2v) is 8.41. The van der Waals surface area contributed by atoms with Gasteiger partial charge in [0.1, 0.15) is 11.4 Å². The van der Waals surface area contributed by atoms with Crippen molar-refractivity contribution in [2.75, 3.05) is 4.90 Å². The molecule has 0 spiro atoms. The Morgan fingerprint density at radius 2 is 1.44 bits per heavy atom. The number of aromatic nitrogens is 4. The molecule has 0 aliphatic carbocycles. The molecule has 6 heteroatoms. The summed E-state index contributed by atoms with van der Waals surface area (Å²) in [6.07, 6.45) is 4.32. The van der Waals surface area contributed by atoms with Gasteiger partial charge >= 0.3 is 0 Å². The molecule has 34 heavy (non-hydrogen) atoms.